The molecule has 0 saturated carbocycles. The smallest absolute Gasteiger partial charge is 0.243 e. The van der Waals surface area contributed by atoms with Crippen molar-refractivity contribution in [1.29, 1.82) is 0 Å². The van der Waals surface area contributed by atoms with Crippen LogP contribution in [0.15, 0.2) is 53.4 Å². The van der Waals surface area contributed by atoms with Crippen LogP contribution >= 0.6 is 0 Å². The molecule has 0 bridgehead atoms. The zero-order valence-corrected chi connectivity index (χ0v) is 16.3. The summed E-state index contributed by atoms with van der Waals surface area (Å²) in [6.07, 6.45) is 3.90. The maximum Gasteiger partial charge on any atom is 0.243 e. The summed E-state index contributed by atoms with van der Waals surface area (Å²) in [5.74, 6) is -0.751. The van der Waals surface area contributed by atoms with Gasteiger partial charge in [-0.25, -0.2) is 12.8 Å². The summed E-state index contributed by atoms with van der Waals surface area (Å²) >= 11 is 0. The van der Waals surface area contributed by atoms with E-state index in [1.54, 1.807) is 34.6 Å². The van der Waals surface area contributed by atoms with Gasteiger partial charge in [-0.2, -0.15) is 4.31 Å². The lowest BCUT2D eigenvalue weighted by Gasteiger charge is -2.20. The van der Waals surface area contributed by atoms with Gasteiger partial charge >= 0.3 is 0 Å². The Balaban J connectivity index is 1.57. The first-order chi connectivity index (χ1) is 13.4. The number of rotatable bonds is 6. The monoisotopic (exact) mass is 405 g/mol. The first-order valence-electron chi connectivity index (χ1n) is 9.35. The molecule has 150 valence electrons. The lowest BCUT2D eigenvalue weighted by molar-refractivity contribution is -0.114. The molecule has 2 aromatic carbocycles. The number of carbonyl (C=O) groups is 1. The molecule has 0 atom stereocenters. The van der Waals surface area contributed by atoms with Crippen LogP contribution in [-0.4, -0.2) is 38.3 Å². The number of benzene rings is 2. The highest BCUT2D eigenvalue weighted by atomic mass is 32.2. The molecular weight excluding hydrogens is 381 g/mol. The van der Waals surface area contributed by atoms with Crippen LogP contribution in [-0.2, 0) is 14.8 Å². The predicted octanol–water partition coefficient (Wildman–Crippen LogP) is 3.44. The molecule has 1 aliphatic heterocycles. The lowest BCUT2D eigenvalue weighted by atomic mass is 10.2. The van der Waals surface area contributed by atoms with E-state index in [1.165, 1.54) is 18.2 Å². The number of nitrogens with zero attached hydrogens (tertiary/aromatic N) is 1. The van der Waals surface area contributed by atoms with Crippen molar-refractivity contribution in [2.75, 3.05) is 30.3 Å². The van der Waals surface area contributed by atoms with Crippen LogP contribution in [0.5, 0.6) is 0 Å². The van der Waals surface area contributed by atoms with Crippen molar-refractivity contribution < 1.29 is 17.6 Å². The fourth-order valence-corrected chi connectivity index (χ4v) is 4.65. The van der Waals surface area contributed by atoms with Crippen molar-refractivity contribution in [3.63, 3.8) is 0 Å². The van der Waals surface area contributed by atoms with Crippen molar-refractivity contribution in [3.8, 4) is 0 Å². The topological polar surface area (TPSA) is 78.5 Å². The van der Waals surface area contributed by atoms with Crippen LogP contribution in [0.2, 0.25) is 0 Å². The fraction of sp³-hybridized carbons (Fsp3) is 0.350. The fourth-order valence-electron chi connectivity index (χ4n) is 3.13. The van der Waals surface area contributed by atoms with Gasteiger partial charge in [-0.15, -0.1) is 0 Å². The molecule has 0 unspecified atom stereocenters. The summed E-state index contributed by atoms with van der Waals surface area (Å²) < 4.78 is 40.2. The van der Waals surface area contributed by atoms with Crippen LogP contribution in [0, 0.1) is 5.82 Å². The molecule has 0 radical (unpaired) electrons. The van der Waals surface area contributed by atoms with E-state index in [-0.39, 0.29) is 17.3 Å². The maximum atomic E-state index is 13.1. The van der Waals surface area contributed by atoms with Crippen LogP contribution in [0.25, 0.3) is 0 Å². The molecule has 6 nitrogen and oxygen atoms in total. The number of carbonyl (C=O) groups excluding carboxylic acids is 1. The molecule has 0 aliphatic carbocycles. The van der Waals surface area contributed by atoms with Crippen LogP contribution in [0.1, 0.15) is 25.7 Å². The van der Waals surface area contributed by atoms with Gasteiger partial charge in [-0.05, 0) is 55.3 Å². The molecular formula is C20H24FN3O3S. The van der Waals surface area contributed by atoms with Gasteiger partial charge in [0.2, 0.25) is 15.9 Å². The number of amides is 1. The standard InChI is InChI=1S/C20H24FN3O3S/c21-16-6-5-7-18(14-16)23-20(25)15-22-17-8-10-19(11-9-17)28(26,27)24-12-3-1-2-4-13-24/h5-11,14,22H,1-4,12-13,15H2,(H,23,25). The van der Waals surface area contributed by atoms with E-state index in [0.717, 1.165) is 25.7 Å². The highest BCUT2D eigenvalue weighted by Crippen LogP contribution is 2.21. The van der Waals surface area contributed by atoms with Gasteiger partial charge < -0.3 is 10.6 Å². The zero-order valence-electron chi connectivity index (χ0n) is 15.5. The summed E-state index contributed by atoms with van der Waals surface area (Å²) in [5.41, 5.74) is 1.01. The lowest BCUT2D eigenvalue weighted by Crippen LogP contribution is -2.31. The van der Waals surface area contributed by atoms with E-state index < -0.39 is 15.8 Å². The first kappa shape index (κ1) is 20.3. The summed E-state index contributed by atoms with van der Waals surface area (Å²) in [6.45, 7) is 1.10. The van der Waals surface area contributed by atoms with E-state index in [2.05, 4.69) is 10.6 Å². The third-order valence-corrected chi connectivity index (χ3v) is 6.53. The van der Waals surface area contributed by atoms with Gasteiger partial charge in [0.25, 0.3) is 0 Å². The molecule has 0 spiro atoms. The quantitative estimate of drug-likeness (QED) is 0.772. The Kier molecular flexibility index (Phi) is 6.64. The molecule has 1 amide bonds. The van der Waals surface area contributed by atoms with Crippen molar-refractivity contribution in [2.24, 2.45) is 0 Å². The first-order valence-corrected chi connectivity index (χ1v) is 10.8. The van der Waals surface area contributed by atoms with E-state index >= 15 is 0 Å². The minimum absolute atomic E-state index is 0.0191. The van der Waals surface area contributed by atoms with Crippen molar-refractivity contribution in [1.82, 2.24) is 4.31 Å². The molecule has 0 aromatic heterocycles. The minimum Gasteiger partial charge on any atom is -0.376 e. The second-order valence-corrected chi connectivity index (χ2v) is 8.69. The molecule has 8 heteroatoms. The Morgan fingerprint density at radius 3 is 2.29 bits per heavy atom. The third kappa shape index (κ3) is 5.30. The second kappa shape index (κ2) is 9.16. The molecule has 1 fully saturated rings. The van der Waals surface area contributed by atoms with E-state index in [4.69, 9.17) is 0 Å². The van der Waals surface area contributed by atoms with E-state index in [9.17, 15) is 17.6 Å². The number of halogens is 1. The van der Waals surface area contributed by atoms with Gasteiger partial charge in [0.05, 0.1) is 11.4 Å². The Labute approximate surface area is 164 Å². The molecule has 3 rings (SSSR count). The van der Waals surface area contributed by atoms with Crippen LogP contribution in [0.3, 0.4) is 0 Å². The SMILES string of the molecule is O=C(CNc1ccc(S(=O)(=O)N2CCCCCC2)cc1)Nc1cccc(F)c1. The van der Waals surface area contributed by atoms with E-state index in [1.807, 2.05) is 0 Å². The van der Waals surface area contributed by atoms with Crippen molar-refractivity contribution in [2.45, 2.75) is 30.6 Å². The number of sulfonamides is 1. The molecule has 1 saturated heterocycles. The normalized spacial score (nSPS) is 15.6. The minimum atomic E-state index is -3.49. The van der Waals surface area contributed by atoms with Gasteiger partial charge in [0.15, 0.2) is 0 Å². The van der Waals surface area contributed by atoms with Crippen molar-refractivity contribution >= 4 is 27.3 Å². The molecule has 2 N–H and O–H groups in total. The van der Waals surface area contributed by atoms with Gasteiger partial charge in [0.1, 0.15) is 5.82 Å². The average molecular weight is 405 g/mol. The summed E-state index contributed by atoms with van der Waals surface area (Å²) in [4.78, 5) is 12.2. The third-order valence-electron chi connectivity index (χ3n) is 4.62. The predicted molar refractivity (Wildman–Crippen MR) is 107 cm³/mol. The molecule has 28 heavy (non-hydrogen) atoms. The largest absolute Gasteiger partial charge is 0.376 e. The highest BCUT2D eigenvalue weighted by Gasteiger charge is 2.24. The Bertz CT molecular complexity index is 909. The second-order valence-electron chi connectivity index (χ2n) is 6.75. The number of nitrogens with one attached hydrogen (secondary N) is 2. The van der Waals surface area contributed by atoms with Gasteiger partial charge in [-0.3, -0.25) is 4.79 Å². The number of hydrogen-bond donors (Lipinski definition) is 2. The summed E-state index contributed by atoms with van der Waals surface area (Å²) in [6, 6.07) is 12.0. The van der Waals surface area contributed by atoms with Gasteiger partial charge in [0, 0.05) is 24.5 Å². The van der Waals surface area contributed by atoms with E-state index in [0.29, 0.717) is 24.5 Å². The van der Waals surface area contributed by atoms with Crippen LogP contribution < -0.4 is 10.6 Å². The molecule has 1 heterocycles. The summed E-state index contributed by atoms with van der Waals surface area (Å²) in [5, 5.41) is 5.53. The molecule has 1 aliphatic rings. The maximum absolute atomic E-state index is 13.1. The Morgan fingerprint density at radius 1 is 0.964 bits per heavy atom. The average Bonchev–Trinajstić information content (AvgIpc) is 2.97. The van der Waals surface area contributed by atoms with Gasteiger partial charge in [-0.1, -0.05) is 18.9 Å². The summed E-state index contributed by atoms with van der Waals surface area (Å²) in [7, 11) is -3.49. The molecule has 2 aromatic rings. The zero-order chi connectivity index (χ0) is 20.0. The Hall–Kier alpha value is -2.45. The Morgan fingerprint density at radius 2 is 1.64 bits per heavy atom. The van der Waals surface area contributed by atoms with Crippen LogP contribution in [0.4, 0.5) is 15.8 Å². The number of hydrogen-bond acceptors (Lipinski definition) is 4. The number of anilines is 2. The van der Waals surface area contributed by atoms with Crippen molar-refractivity contribution in [3.05, 3.63) is 54.3 Å². The highest BCUT2D eigenvalue weighted by molar-refractivity contribution is 7.89.